The molecule has 0 aromatic rings. The van der Waals surface area contributed by atoms with E-state index in [1.54, 1.807) is 0 Å². The summed E-state index contributed by atoms with van der Waals surface area (Å²) in [5, 5.41) is 66.7. The minimum Gasteiger partial charge on any atom is -0.396 e. The van der Waals surface area contributed by atoms with Crippen LogP contribution in [-0.2, 0) is 4.74 Å². The van der Waals surface area contributed by atoms with Crippen LogP contribution in [0.25, 0.3) is 0 Å². The highest BCUT2D eigenvalue weighted by Gasteiger charge is 2.86. The summed E-state index contributed by atoms with van der Waals surface area (Å²) < 4.78 is 5.83. The fraction of sp³-hybridized carbons (Fsp3) is 0.900. The van der Waals surface area contributed by atoms with Gasteiger partial charge in [0.05, 0.1) is 30.3 Å². The maximum Gasteiger partial charge on any atom is 0.203 e. The molecule has 2 aliphatic heterocycles. The molecule has 6 rings (SSSR count). The molecule has 0 radical (unpaired) electrons. The molecule has 4 bridgehead atoms. The van der Waals surface area contributed by atoms with Gasteiger partial charge in [-0.05, 0) is 42.6 Å². The molecular weight excluding hydrogens is 352 g/mol. The first-order valence-electron chi connectivity index (χ1n) is 10.0. The molecule has 7 nitrogen and oxygen atoms in total. The van der Waals surface area contributed by atoms with Crippen molar-refractivity contribution in [2.24, 2.45) is 34.0 Å². The molecule has 6 fully saturated rings. The Labute approximate surface area is 158 Å². The average Bonchev–Trinajstić information content (AvgIpc) is 2.76. The third kappa shape index (κ3) is 1.60. The number of hydrogen-bond donors (Lipinski definition) is 6. The van der Waals surface area contributed by atoms with Gasteiger partial charge in [-0.3, -0.25) is 0 Å². The summed E-state index contributed by atoms with van der Waals surface area (Å²) in [6, 6.07) is 0. The molecule has 6 aliphatic rings. The van der Waals surface area contributed by atoms with Gasteiger partial charge in [0, 0.05) is 23.9 Å². The number of rotatable bonds is 1. The van der Waals surface area contributed by atoms with E-state index in [0.717, 1.165) is 0 Å². The molecule has 2 saturated heterocycles. The van der Waals surface area contributed by atoms with E-state index in [-0.39, 0.29) is 19.1 Å². The average molecular weight is 382 g/mol. The molecule has 27 heavy (non-hydrogen) atoms. The molecular formula is C20H30O7. The van der Waals surface area contributed by atoms with E-state index in [9.17, 15) is 30.6 Å². The molecule has 6 N–H and O–H groups in total. The highest BCUT2D eigenvalue weighted by atomic mass is 16.6. The van der Waals surface area contributed by atoms with Crippen molar-refractivity contribution in [3.8, 4) is 0 Å². The first-order chi connectivity index (χ1) is 12.6. The van der Waals surface area contributed by atoms with Crippen LogP contribution < -0.4 is 0 Å². The van der Waals surface area contributed by atoms with Gasteiger partial charge in [0.1, 0.15) is 6.10 Å². The van der Waals surface area contributed by atoms with Crippen LogP contribution in [0.2, 0.25) is 0 Å². The quantitative estimate of drug-likeness (QED) is 0.325. The molecule has 4 aliphatic carbocycles. The lowest BCUT2D eigenvalue weighted by Crippen LogP contribution is -2.86. The molecule has 0 amide bonds. The Morgan fingerprint density at radius 1 is 1.11 bits per heavy atom. The van der Waals surface area contributed by atoms with Gasteiger partial charge in [-0.25, -0.2) is 0 Å². The van der Waals surface area contributed by atoms with Crippen LogP contribution in [-0.4, -0.2) is 74.1 Å². The van der Waals surface area contributed by atoms with E-state index in [1.165, 1.54) is 0 Å². The maximum atomic E-state index is 11.7. The Bertz CT molecular complexity index is 698. The Balaban J connectivity index is 1.79. The van der Waals surface area contributed by atoms with Crippen molar-refractivity contribution in [1.29, 1.82) is 0 Å². The minimum absolute atomic E-state index is 0.0327. The fourth-order valence-corrected chi connectivity index (χ4v) is 8.16. The first kappa shape index (κ1) is 18.5. The third-order valence-corrected chi connectivity index (χ3v) is 9.32. The van der Waals surface area contributed by atoms with Crippen molar-refractivity contribution in [3.63, 3.8) is 0 Å². The second kappa shape index (κ2) is 5.14. The molecule has 0 aromatic heterocycles. The van der Waals surface area contributed by atoms with E-state index in [1.807, 2.05) is 6.92 Å². The largest absolute Gasteiger partial charge is 0.396 e. The van der Waals surface area contributed by atoms with Crippen LogP contribution in [0.4, 0.5) is 0 Å². The van der Waals surface area contributed by atoms with Crippen LogP contribution in [0.15, 0.2) is 12.2 Å². The predicted octanol–water partition coefficient (Wildman–Crippen LogP) is -0.860. The van der Waals surface area contributed by atoms with Gasteiger partial charge in [-0.1, -0.05) is 13.5 Å². The lowest BCUT2D eigenvalue weighted by molar-refractivity contribution is -0.478. The summed E-state index contributed by atoms with van der Waals surface area (Å²) >= 11 is 0. The SMILES string of the molecule is C=C1[C@@H](O)[C@@]23[C@H](O)[C@H]1CC[C@H]2[C@@]12CO[C@]3(O)[C@@H](O)[C@@H]1[C@](C)(CO)CC[C@H]2O. The van der Waals surface area contributed by atoms with Crippen molar-refractivity contribution in [2.45, 2.75) is 62.8 Å². The second-order valence-electron chi connectivity index (χ2n) is 9.98. The zero-order chi connectivity index (χ0) is 19.6. The summed E-state index contributed by atoms with van der Waals surface area (Å²) in [5.74, 6) is -3.57. The Kier molecular flexibility index (Phi) is 3.52. The standard InChI is InChI=1S/C20H30O7/c1-9-10-3-4-11-18-8-27-20(26,19(11,14(9)23)15(10)24)16(25)13(18)17(2,7-21)6-5-12(18)22/h10-16,21-26H,1,3-8H2,2H3/t10-,11-,12+,13+,14+,15+,16-,17-,18+,19+,20+/m0/s1. The van der Waals surface area contributed by atoms with Crippen LogP contribution in [0.5, 0.6) is 0 Å². The van der Waals surface area contributed by atoms with Crippen LogP contribution in [0.1, 0.15) is 32.6 Å². The Hall–Kier alpha value is -0.540. The molecule has 7 heteroatoms. The number of aliphatic hydroxyl groups excluding tert-OH is 5. The van der Waals surface area contributed by atoms with Gasteiger partial charge in [-0.15, -0.1) is 0 Å². The van der Waals surface area contributed by atoms with E-state index in [0.29, 0.717) is 31.3 Å². The van der Waals surface area contributed by atoms with Gasteiger partial charge in [0.25, 0.3) is 0 Å². The Morgan fingerprint density at radius 2 is 1.81 bits per heavy atom. The molecule has 2 heterocycles. The highest BCUT2D eigenvalue weighted by Crippen LogP contribution is 2.77. The molecule has 4 saturated carbocycles. The van der Waals surface area contributed by atoms with Gasteiger partial charge in [0.2, 0.25) is 5.79 Å². The smallest absolute Gasteiger partial charge is 0.203 e. The van der Waals surface area contributed by atoms with E-state index in [2.05, 4.69) is 6.58 Å². The molecule has 11 atom stereocenters. The summed E-state index contributed by atoms with van der Waals surface area (Å²) in [7, 11) is 0. The second-order valence-corrected chi connectivity index (χ2v) is 9.98. The monoisotopic (exact) mass is 382 g/mol. The highest BCUT2D eigenvalue weighted by molar-refractivity contribution is 5.38. The van der Waals surface area contributed by atoms with Crippen LogP contribution >= 0.6 is 0 Å². The van der Waals surface area contributed by atoms with Crippen molar-refractivity contribution in [2.75, 3.05) is 13.2 Å². The topological polar surface area (TPSA) is 131 Å². The van der Waals surface area contributed by atoms with Crippen LogP contribution in [0, 0.1) is 34.0 Å². The number of fused-ring (bicyclic) bond motifs is 2. The van der Waals surface area contributed by atoms with E-state index in [4.69, 9.17) is 4.74 Å². The Morgan fingerprint density at radius 3 is 2.48 bits per heavy atom. The lowest BCUT2D eigenvalue weighted by atomic mass is 9.35. The van der Waals surface area contributed by atoms with Gasteiger partial charge >= 0.3 is 0 Å². The van der Waals surface area contributed by atoms with Crippen molar-refractivity contribution in [3.05, 3.63) is 12.2 Å². The fourth-order valence-electron chi connectivity index (χ4n) is 8.16. The van der Waals surface area contributed by atoms with Gasteiger partial charge in [0.15, 0.2) is 0 Å². The molecule has 0 unspecified atom stereocenters. The predicted molar refractivity (Wildman–Crippen MR) is 93.1 cm³/mol. The number of aliphatic hydroxyl groups is 6. The summed E-state index contributed by atoms with van der Waals surface area (Å²) in [5.41, 5.74) is -2.70. The van der Waals surface area contributed by atoms with E-state index < -0.39 is 58.3 Å². The molecule has 2 spiro atoms. The summed E-state index contributed by atoms with van der Waals surface area (Å²) in [6.07, 6.45) is -2.44. The van der Waals surface area contributed by atoms with Crippen LogP contribution in [0.3, 0.4) is 0 Å². The first-order valence-corrected chi connectivity index (χ1v) is 10.0. The molecule has 152 valence electrons. The number of ether oxygens (including phenoxy) is 1. The maximum absolute atomic E-state index is 11.7. The van der Waals surface area contributed by atoms with E-state index >= 15 is 0 Å². The minimum atomic E-state index is -2.16. The third-order valence-electron chi connectivity index (χ3n) is 9.32. The van der Waals surface area contributed by atoms with Crippen molar-refractivity contribution in [1.82, 2.24) is 0 Å². The summed E-state index contributed by atoms with van der Waals surface area (Å²) in [4.78, 5) is 0. The summed E-state index contributed by atoms with van der Waals surface area (Å²) in [6.45, 7) is 5.68. The molecule has 0 aromatic carbocycles. The van der Waals surface area contributed by atoms with Crippen molar-refractivity contribution < 1.29 is 35.4 Å². The van der Waals surface area contributed by atoms with Gasteiger partial charge < -0.3 is 35.4 Å². The normalized spacial score (nSPS) is 64.4. The van der Waals surface area contributed by atoms with Gasteiger partial charge in [-0.2, -0.15) is 0 Å². The lowest BCUT2D eigenvalue weighted by Gasteiger charge is -2.75. The zero-order valence-electron chi connectivity index (χ0n) is 15.6. The zero-order valence-corrected chi connectivity index (χ0v) is 15.6. The number of hydrogen-bond acceptors (Lipinski definition) is 7. The van der Waals surface area contributed by atoms with Crippen molar-refractivity contribution >= 4 is 0 Å².